The van der Waals surface area contributed by atoms with Crippen LogP contribution in [0.2, 0.25) is 0 Å². The van der Waals surface area contributed by atoms with Crippen molar-refractivity contribution in [3.8, 4) is 0 Å². The number of benzene rings is 2. The number of aliphatic hydroxyl groups excluding tert-OH is 1. The smallest absolute Gasteiger partial charge is 0.161 e. The van der Waals surface area contributed by atoms with Gasteiger partial charge in [0.2, 0.25) is 0 Å². The first kappa shape index (κ1) is 17.1. The first-order chi connectivity index (χ1) is 13.7. The van der Waals surface area contributed by atoms with Crippen molar-refractivity contribution in [1.82, 2.24) is 24.7 Å². The van der Waals surface area contributed by atoms with Gasteiger partial charge < -0.3 is 10.1 Å². The lowest BCUT2D eigenvalue weighted by Crippen LogP contribution is -2.12. The SMILES string of the molecule is Cc1nc2ccc(Cc3nc(C4(c5ccccc5)CC4)nn3CCO)cc2[nH]1. The number of nitrogens with zero attached hydrogens (tertiary/aromatic N) is 4. The van der Waals surface area contributed by atoms with Crippen molar-refractivity contribution in [1.29, 1.82) is 0 Å². The van der Waals surface area contributed by atoms with Crippen LogP contribution in [0.5, 0.6) is 0 Å². The van der Waals surface area contributed by atoms with E-state index in [0.717, 1.165) is 46.9 Å². The predicted molar refractivity (Wildman–Crippen MR) is 107 cm³/mol. The molecular formula is C22H23N5O. The Bertz CT molecular complexity index is 1120. The highest BCUT2D eigenvalue weighted by Crippen LogP contribution is 2.52. The molecule has 0 aliphatic heterocycles. The largest absolute Gasteiger partial charge is 0.394 e. The third-order valence-corrected chi connectivity index (χ3v) is 5.59. The Hall–Kier alpha value is -2.99. The fourth-order valence-corrected chi connectivity index (χ4v) is 3.98. The summed E-state index contributed by atoms with van der Waals surface area (Å²) in [5, 5.41) is 14.3. The molecular weight excluding hydrogens is 350 g/mol. The molecule has 5 rings (SSSR count). The van der Waals surface area contributed by atoms with Crippen molar-refractivity contribution in [2.24, 2.45) is 0 Å². The molecule has 142 valence electrons. The average Bonchev–Trinajstić information content (AvgIpc) is 3.30. The first-order valence-corrected chi connectivity index (χ1v) is 9.74. The molecule has 2 aromatic carbocycles. The summed E-state index contributed by atoms with van der Waals surface area (Å²) < 4.78 is 1.86. The van der Waals surface area contributed by atoms with Gasteiger partial charge in [-0.05, 0) is 43.0 Å². The second kappa shape index (κ2) is 6.56. The highest BCUT2D eigenvalue weighted by molar-refractivity contribution is 5.75. The summed E-state index contributed by atoms with van der Waals surface area (Å²) in [6, 6.07) is 16.7. The van der Waals surface area contributed by atoms with Crippen LogP contribution >= 0.6 is 0 Å². The van der Waals surface area contributed by atoms with Gasteiger partial charge >= 0.3 is 0 Å². The highest BCUT2D eigenvalue weighted by atomic mass is 16.3. The first-order valence-electron chi connectivity index (χ1n) is 9.74. The third kappa shape index (κ3) is 2.90. The normalized spacial score (nSPS) is 15.2. The van der Waals surface area contributed by atoms with Gasteiger partial charge in [0.25, 0.3) is 0 Å². The summed E-state index contributed by atoms with van der Waals surface area (Å²) in [4.78, 5) is 12.7. The Kier molecular flexibility index (Phi) is 4.02. The minimum atomic E-state index is -0.0683. The maximum Gasteiger partial charge on any atom is 0.161 e. The van der Waals surface area contributed by atoms with E-state index in [4.69, 9.17) is 10.1 Å². The lowest BCUT2D eigenvalue weighted by atomic mass is 9.95. The number of H-pyrrole nitrogens is 1. The summed E-state index contributed by atoms with van der Waals surface area (Å²) >= 11 is 0. The average molecular weight is 373 g/mol. The van der Waals surface area contributed by atoms with Crippen LogP contribution in [0.25, 0.3) is 11.0 Å². The highest BCUT2D eigenvalue weighted by Gasteiger charge is 2.49. The van der Waals surface area contributed by atoms with Crippen molar-refractivity contribution in [3.63, 3.8) is 0 Å². The molecule has 2 N–H and O–H groups in total. The lowest BCUT2D eigenvalue weighted by molar-refractivity contribution is 0.267. The van der Waals surface area contributed by atoms with Gasteiger partial charge in [0, 0.05) is 6.42 Å². The molecule has 0 radical (unpaired) electrons. The quantitative estimate of drug-likeness (QED) is 0.544. The lowest BCUT2D eigenvalue weighted by Gasteiger charge is -2.11. The topological polar surface area (TPSA) is 79.6 Å². The van der Waals surface area contributed by atoms with E-state index < -0.39 is 0 Å². The Labute approximate surface area is 163 Å². The van der Waals surface area contributed by atoms with Gasteiger partial charge in [0.15, 0.2) is 5.82 Å². The van der Waals surface area contributed by atoms with Crippen molar-refractivity contribution < 1.29 is 5.11 Å². The summed E-state index contributed by atoms with van der Waals surface area (Å²) in [6.45, 7) is 2.47. The second-order valence-corrected chi connectivity index (χ2v) is 7.60. The van der Waals surface area contributed by atoms with Gasteiger partial charge in [-0.15, -0.1) is 0 Å². The molecule has 0 atom stereocenters. The summed E-state index contributed by atoms with van der Waals surface area (Å²) in [7, 11) is 0. The van der Waals surface area contributed by atoms with E-state index in [-0.39, 0.29) is 12.0 Å². The van der Waals surface area contributed by atoms with Crippen molar-refractivity contribution in [3.05, 3.63) is 77.1 Å². The number of aliphatic hydroxyl groups is 1. The number of aryl methyl sites for hydroxylation is 1. The van der Waals surface area contributed by atoms with Crippen LogP contribution in [0, 0.1) is 6.92 Å². The van der Waals surface area contributed by atoms with E-state index in [1.165, 1.54) is 5.56 Å². The Morgan fingerprint density at radius 3 is 2.68 bits per heavy atom. The zero-order valence-electron chi connectivity index (χ0n) is 15.9. The van der Waals surface area contributed by atoms with E-state index in [1.807, 2.05) is 23.7 Å². The second-order valence-electron chi connectivity index (χ2n) is 7.60. The minimum absolute atomic E-state index is 0.0485. The molecule has 28 heavy (non-hydrogen) atoms. The zero-order chi connectivity index (χ0) is 19.1. The van der Waals surface area contributed by atoms with E-state index in [9.17, 15) is 5.11 Å². The Morgan fingerprint density at radius 2 is 1.93 bits per heavy atom. The molecule has 0 bridgehead atoms. The van der Waals surface area contributed by atoms with Crippen molar-refractivity contribution in [2.75, 3.05) is 6.61 Å². The van der Waals surface area contributed by atoms with Gasteiger partial charge in [0.1, 0.15) is 11.6 Å². The minimum Gasteiger partial charge on any atom is -0.394 e. The molecule has 0 unspecified atom stereocenters. The number of nitrogens with one attached hydrogen (secondary N) is 1. The maximum absolute atomic E-state index is 9.50. The third-order valence-electron chi connectivity index (χ3n) is 5.59. The van der Waals surface area contributed by atoms with Gasteiger partial charge in [-0.3, -0.25) is 0 Å². The van der Waals surface area contributed by atoms with Crippen LogP contribution in [-0.4, -0.2) is 36.4 Å². The number of aromatic nitrogens is 5. The summed E-state index contributed by atoms with van der Waals surface area (Å²) in [5.74, 6) is 2.68. The van der Waals surface area contributed by atoms with E-state index >= 15 is 0 Å². The van der Waals surface area contributed by atoms with Crippen LogP contribution < -0.4 is 0 Å². The molecule has 6 heteroatoms. The Balaban J connectivity index is 1.50. The molecule has 1 aliphatic carbocycles. The summed E-state index contributed by atoms with van der Waals surface area (Å²) in [6.07, 6.45) is 2.81. The van der Waals surface area contributed by atoms with E-state index in [0.29, 0.717) is 13.0 Å². The van der Waals surface area contributed by atoms with Crippen LogP contribution in [-0.2, 0) is 18.4 Å². The van der Waals surface area contributed by atoms with E-state index in [1.54, 1.807) is 0 Å². The molecule has 4 aromatic rings. The fourth-order valence-electron chi connectivity index (χ4n) is 3.98. The number of hydrogen-bond donors (Lipinski definition) is 2. The molecule has 2 aromatic heterocycles. The standard InChI is InChI=1S/C22H23N5O/c1-15-23-18-8-7-16(13-19(18)24-15)14-20-25-21(26-27(20)11-12-28)22(9-10-22)17-5-3-2-4-6-17/h2-8,13,28H,9-12,14H2,1H3,(H,23,24). The van der Waals surface area contributed by atoms with Crippen LogP contribution in [0.3, 0.4) is 0 Å². The summed E-state index contributed by atoms with van der Waals surface area (Å²) in [5.41, 5.74) is 4.36. The van der Waals surface area contributed by atoms with Crippen LogP contribution in [0.15, 0.2) is 48.5 Å². The fraction of sp³-hybridized carbons (Fsp3) is 0.318. The van der Waals surface area contributed by atoms with Gasteiger partial charge in [-0.25, -0.2) is 14.6 Å². The van der Waals surface area contributed by atoms with Crippen molar-refractivity contribution in [2.45, 2.75) is 38.1 Å². The number of aromatic amines is 1. The van der Waals surface area contributed by atoms with Crippen molar-refractivity contribution >= 4 is 11.0 Å². The predicted octanol–water partition coefficient (Wildman–Crippen LogP) is 3.13. The maximum atomic E-state index is 9.50. The molecule has 0 spiro atoms. The Morgan fingerprint density at radius 1 is 1.11 bits per heavy atom. The molecule has 0 saturated heterocycles. The molecule has 0 amide bonds. The number of imidazole rings is 1. The monoisotopic (exact) mass is 373 g/mol. The molecule has 1 saturated carbocycles. The molecule has 1 fully saturated rings. The number of fused-ring (bicyclic) bond motifs is 1. The number of hydrogen-bond acceptors (Lipinski definition) is 4. The van der Waals surface area contributed by atoms with Crippen LogP contribution in [0.1, 0.15) is 41.4 Å². The van der Waals surface area contributed by atoms with Gasteiger partial charge in [0.05, 0.1) is 29.6 Å². The van der Waals surface area contributed by atoms with Gasteiger partial charge in [-0.2, -0.15) is 5.10 Å². The van der Waals surface area contributed by atoms with Gasteiger partial charge in [-0.1, -0.05) is 36.4 Å². The molecule has 6 nitrogen and oxygen atoms in total. The molecule has 1 aliphatic rings. The number of rotatable bonds is 6. The van der Waals surface area contributed by atoms with E-state index in [2.05, 4.69) is 46.4 Å². The van der Waals surface area contributed by atoms with Crippen LogP contribution in [0.4, 0.5) is 0 Å². The molecule has 2 heterocycles. The zero-order valence-corrected chi connectivity index (χ0v) is 15.9.